The van der Waals surface area contributed by atoms with Crippen LogP contribution in [0.4, 0.5) is 0 Å². The van der Waals surface area contributed by atoms with E-state index < -0.39 is 11.0 Å². The molecule has 26 heavy (non-hydrogen) atoms. The monoisotopic (exact) mass is 371 g/mol. The fourth-order valence-electron chi connectivity index (χ4n) is 2.09. The number of rotatable bonds is 5. The summed E-state index contributed by atoms with van der Waals surface area (Å²) in [6.45, 7) is 9.33. The van der Waals surface area contributed by atoms with Gasteiger partial charge in [0.25, 0.3) is 0 Å². The summed E-state index contributed by atoms with van der Waals surface area (Å²) < 4.78 is 15.7. The van der Waals surface area contributed by atoms with Gasteiger partial charge in [0.05, 0.1) is 4.75 Å². The van der Waals surface area contributed by atoms with Gasteiger partial charge >= 0.3 is 0 Å². The third-order valence-electron chi connectivity index (χ3n) is 3.36. The van der Waals surface area contributed by atoms with E-state index in [0.29, 0.717) is 6.42 Å². The van der Waals surface area contributed by atoms with E-state index in [1.54, 1.807) is 6.92 Å². The fraction of sp³-hybridized carbons (Fsp3) is 0.364. The van der Waals surface area contributed by atoms with Crippen molar-refractivity contribution in [1.29, 1.82) is 0 Å². The molecule has 4 heteroatoms. The van der Waals surface area contributed by atoms with E-state index in [-0.39, 0.29) is 10.5 Å². The molecule has 0 N–H and O–H groups in total. The van der Waals surface area contributed by atoms with Crippen molar-refractivity contribution >= 4 is 22.5 Å². The zero-order chi connectivity index (χ0) is 19.6. The molecule has 1 unspecified atom stereocenters. The Kier molecular flexibility index (Phi) is 9.14. The van der Waals surface area contributed by atoms with Crippen LogP contribution < -0.4 is 0 Å². The topological polar surface area (TPSA) is 46.5 Å². The SMILES string of the molecule is CC(=O)Cc1ccccc1.CC(Cc1ccccc1)=NS(=O)C(C)(C)C. The molecular formula is C22H29NO2S. The van der Waals surface area contributed by atoms with Crippen LogP contribution in [0.15, 0.2) is 65.1 Å². The first kappa shape index (κ1) is 22.0. The maximum Gasteiger partial charge on any atom is 0.144 e. The van der Waals surface area contributed by atoms with E-state index in [0.717, 1.165) is 17.7 Å². The molecule has 1 atom stereocenters. The van der Waals surface area contributed by atoms with Crippen molar-refractivity contribution in [3.63, 3.8) is 0 Å². The second-order valence-corrected chi connectivity index (χ2v) is 9.12. The lowest BCUT2D eigenvalue weighted by Gasteiger charge is -2.14. The second kappa shape index (κ2) is 10.8. The Hall–Kier alpha value is -2.07. The summed E-state index contributed by atoms with van der Waals surface area (Å²) in [7, 11) is -1.15. The van der Waals surface area contributed by atoms with Crippen molar-refractivity contribution in [2.24, 2.45) is 4.40 Å². The van der Waals surface area contributed by atoms with Crippen LogP contribution in [-0.2, 0) is 28.6 Å². The molecule has 0 spiro atoms. The van der Waals surface area contributed by atoms with E-state index in [9.17, 15) is 9.00 Å². The van der Waals surface area contributed by atoms with Crippen LogP contribution in [0.5, 0.6) is 0 Å². The minimum Gasteiger partial charge on any atom is -0.300 e. The van der Waals surface area contributed by atoms with Gasteiger partial charge in [-0.3, -0.25) is 4.79 Å². The third kappa shape index (κ3) is 9.42. The minimum atomic E-state index is -1.15. The number of ketones is 1. The molecule has 0 aliphatic heterocycles. The molecule has 2 aromatic carbocycles. The summed E-state index contributed by atoms with van der Waals surface area (Å²) >= 11 is 0. The van der Waals surface area contributed by atoms with Gasteiger partial charge in [0, 0.05) is 18.6 Å². The van der Waals surface area contributed by atoms with Gasteiger partial charge in [-0.2, -0.15) is 4.40 Å². The van der Waals surface area contributed by atoms with Crippen molar-refractivity contribution < 1.29 is 9.00 Å². The van der Waals surface area contributed by atoms with Crippen LogP contribution in [0.1, 0.15) is 45.7 Å². The number of Topliss-reactive ketones (excluding diaryl/α,β-unsaturated/α-hetero) is 1. The van der Waals surface area contributed by atoms with Gasteiger partial charge in [-0.05, 0) is 45.7 Å². The van der Waals surface area contributed by atoms with Gasteiger partial charge in [-0.1, -0.05) is 60.7 Å². The van der Waals surface area contributed by atoms with E-state index in [2.05, 4.69) is 16.5 Å². The molecule has 0 aliphatic rings. The highest BCUT2D eigenvalue weighted by atomic mass is 32.2. The molecule has 0 saturated carbocycles. The van der Waals surface area contributed by atoms with Gasteiger partial charge in [-0.25, -0.2) is 4.21 Å². The van der Waals surface area contributed by atoms with Crippen LogP contribution in [0.3, 0.4) is 0 Å². The van der Waals surface area contributed by atoms with Crippen LogP contribution in [0.2, 0.25) is 0 Å². The van der Waals surface area contributed by atoms with Crippen molar-refractivity contribution in [2.45, 2.75) is 52.2 Å². The molecule has 0 bridgehead atoms. The molecule has 0 aromatic heterocycles. The average molecular weight is 372 g/mol. The van der Waals surface area contributed by atoms with Crippen molar-refractivity contribution in [1.82, 2.24) is 0 Å². The maximum absolute atomic E-state index is 11.8. The molecule has 0 amide bonds. The number of hydrogen-bond acceptors (Lipinski definition) is 2. The van der Waals surface area contributed by atoms with Gasteiger partial charge in [0.2, 0.25) is 0 Å². The number of nitrogens with zero attached hydrogens (tertiary/aromatic N) is 1. The van der Waals surface area contributed by atoms with Gasteiger partial charge in [0.15, 0.2) is 0 Å². The fourth-order valence-corrected chi connectivity index (χ4v) is 2.71. The van der Waals surface area contributed by atoms with Crippen molar-refractivity contribution in [3.05, 3.63) is 71.8 Å². The molecular weight excluding hydrogens is 342 g/mol. The summed E-state index contributed by atoms with van der Waals surface area (Å²) in [6.07, 6.45) is 1.32. The van der Waals surface area contributed by atoms with Crippen LogP contribution in [-0.4, -0.2) is 20.5 Å². The zero-order valence-corrected chi connectivity index (χ0v) is 17.2. The lowest BCUT2D eigenvalue weighted by molar-refractivity contribution is -0.116. The predicted octanol–water partition coefficient (Wildman–Crippen LogP) is 4.97. The number of hydrogen-bond donors (Lipinski definition) is 0. The first-order valence-electron chi connectivity index (χ1n) is 8.72. The Labute approximate surface area is 160 Å². The Morgan fingerprint density at radius 3 is 1.65 bits per heavy atom. The normalized spacial score (nSPS) is 12.7. The lowest BCUT2D eigenvalue weighted by atomic mass is 10.1. The number of benzene rings is 2. The highest BCUT2D eigenvalue weighted by Crippen LogP contribution is 2.13. The molecule has 0 radical (unpaired) electrons. The summed E-state index contributed by atoms with van der Waals surface area (Å²) in [5.74, 6) is 0.214. The highest BCUT2D eigenvalue weighted by Gasteiger charge is 2.18. The molecule has 2 aromatic rings. The molecule has 2 rings (SSSR count). The molecule has 140 valence electrons. The zero-order valence-electron chi connectivity index (χ0n) is 16.4. The largest absolute Gasteiger partial charge is 0.300 e. The van der Waals surface area contributed by atoms with Gasteiger partial charge in [0.1, 0.15) is 16.8 Å². The Bertz CT molecular complexity index is 732. The third-order valence-corrected chi connectivity index (χ3v) is 4.89. The number of carbonyl (C=O) groups excluding carboxylic acids is 1. The van der Waals surface area contributed by atoms with E-state index >= 15 is 0 Å². The predicted molar refractivity (Wildman–Crippen MR) is 112 cm³/mol. The Morgan fingerprint density at radius 1 is 0.846 bits per heavy atom. The quantitative estimate of drug-likeness (QED) is 0.697. The molecule has 0 heterocycles. The molecule has 0 aliphatic carbocycles. The van der Waals surface area contributed by atoms with Gasteiger partial charge in [-0.15, -0.1) is 0 Å². The lowest BCUT2D eigenvalue weighted by Crippen LogP contribution is -2.20. The van der Waals surface area contributed by atoms with Crippen LogP contribution in [0, 0.1) is 0 Å². The summed E-state index contributed by atoms with van der Waals surface area (Å²) in [5, 5.41) is 0. The first-order valence-corrected chi connectivity index (χ1v) is 9.82. The molecule has 0 saturated heterocycles. The van der Waals surface area contributed by atoms with Crippen molar-refractivity contribution in [3.8, 4) is 0 Å². The average Bonchev–Trinajstić information content (AvgIpc) is 2.55. The smallest absolute Gasteiger partial charge is 0.144 e. The van der Waals surface area contributed by atoms with E-state index in [1.165, 1.54) is 5.56 Å². The summed E-state index contributed by atoms with van der Waals surface area (Å²) in [5.41, 5.74) is 3.21. The van der Waals surface area contributed by atoms with E-state index in [1.807, 2.05) is 76.2 Å². The number of carbonyl (C=O) groups is 1. The van der Waals surface area contributed by atoms with Crippen LogP contribution >= 0.6 is 0 Å². The highest BCUT2D eigenvalue weighted by molar-refractivity contribution is 7.85. The second-order valence-electron chi connectivity index (χ2n) is 7.21. The Morgan fingerprint density at radius 2 is 1.27 bits per heavy atom. The Balaban J connectivity index is 0.000000289. The van der Waals surface area contributed by atoms with Gasteiger partial charge < -0.3 is 0 Å². The minimum absolute atomic E-state index is 0.214. The van der Waals surface area contributed by atoms with E-state index in [4.69, 9.17) is 0 Å². The first-order chi connectivity index (χ1) is 12.2. The van der Waals surface area contributed by atoms with Crippen LogP contribution in [0.25, 0.3) is 0 Å². The standard InChI is InChI=1S/C13H19NOS.C9H10O/c1-11(14-16(15)13(2,3)4)10-12-8-6-5-7-9-12;1-8(10)7-9-5-3-2-4-6-9/h5-9H,10H2,1-4H3;2-6H,7H2,1H3. The molecule has 3 nitrogen and oxygen atoms in total. The summed E-state index contributed by atoms with van der Waals surface area (Å²) in [6, 6.07) is 19.9. The summed E-state index contributed by atoms with van der Waals surface area (Å²) in [4.78, 5) is 10.6. The maximum atomic E-state index is 11.8. The molecule has 0 fully saturated rings. The van der Waals surface area contributed by atoms with Crippen molar-refractivity contribution in [2.75, 3.05) is 0 Å².